The third kappa shape index (κ3) is 6.80. The third-order valence-corrected chi connectivity index (χ3v) is 4.47. The van der Waals surface area contributed by atoms with Crippen LogP contribution in [0.5, 0.6) is 5.75 Å². The van der Waals surface area contributed by atoms with Crippen LogP contribution in [0.1, 0.15) is 44.6 Å². The van der Waals surface area contributed by atoms with Crippen molar-refractivity contribution < 1.29 is 4.74 Å². The van der Waals surface area contributed by atoms with Crippen LogP contribution in [0.4, 0.5) is 5.69 Å². The van der Waals surface area contributed by atoms with E-state index in [0.717, 1.165) is 37.4 Å². The summed E-state index contributed by atoms with van der Waals surface area (Å²) < 4.78 is 5.47. The minimum Gasteiger partial charge on any atom is -0.492 e. The van der Waals surface area contributed by atoms with Gasteiger partial charge in [0.15, 0.2) is 0 Å². The zero-order valence-electron chi connectivity index (χ0n) is 14.7. The highest BCUT2D eigenvalue weighted by Gasteiger charge is 2.09. The maximum Gasteiger partial charge on any atom is 0.142 e. The fourth-order valence-electron chi connectivity index (χ4n) is 3.17. The van der Waals surface area contributed by atoms with Crippen molar-refractivity contribution in [3.8, 4) is 5.75 Å². The largest absolute Gasteiger partial charge is 0.492 e. The summed E-state index contributed by atoms with van der Waals surface area (Å²) in [4.78, 5) is 2.59. The van der Waals surface area contributed by atoms with Crippen LogP contribution >= 0.6 is 0 Å². The van der Waals surface area contributed by atoms with E-state index >= 15 is 0 Å². The van der Waals surface area contributed by atoms with Crippen molar-refractivity contribution in [1.82, 2.24) is 10.2 Å². The number of rotatable bonds is 11. The van der Waals surface area contributed by atoms with Gasteiger partial charge in [-0.05, 0) is 95.9 Å². The van der Waals surface area contributed by atoms with Gasteiger partial charge >= 0.3 is 0 Å². The fourth-order valence-corrected chi connectivity index (χ4v) is 3.17. The smallest absolute Gasteiger partial charge is 0.142 e. The molecule has 2 rings (SSSR count). The number of ether oxygens (including phenoxy) is 1. The fraction of sp³-hybridized carbons (Fsp3) is 0.684. The summed E-state index contributed by atoms with van der Waals surface area (Å²) in [5.41, 5.74) is 8.04. The summed E-state index contributed by atoms with van der Waals surface area (Å²) in [5, 5.41) is 3.55. The Balaban J connectivity index is 1.49. The van der Waals surface area contributed by atoms with E-state index in [1.807, 2.05) is 19.1 Å². The van der Waals surface area contributed by atoms with Crippen molar-refractivity contribution in [1.29, 1.82) is 0 Å². The second kappa shape index (κ2) is 10.5. The number of benzene rings is 1. The van der Waals surface area contributed by atoms with Crippen LogP contribution in [0, 0.1) is 0 Å². The molecular weight excluding hydrogens is 286 g/mol. The molecule has 3 N–H and O–H groups in total. The molecule has 0 radical (unpaired) electrons. The molecule has 0 bridgehead atoms. The number of nitrogens with one attached hydrogen (secondary N) is 1. The average molecular weight is 319 g/mol. The number of hydrogen-bond donors (Lipinski definition) is 2. The molecule has 0 aromatic heterocycles. The van der Waals surface area contributed by atoms with Gasteiger partial charge in [-0.15, -0.1) is 0 Å². The standard InChI is InChI=1S/C19H33N3O/c1-2-23-19-10-9-17(16-18(19)20)8-7-12-21-11-3-4-13-22-14-5-6-15-22/h9-10,16,21H,2-8,11-15,20H2,1H3. The third-order valence-electron chi connectivity index (χ3n) is 4.47. The van der Waals surface area contributed by atoms with Crippen LogP contribution in [-0.2, 0) is 6.42 Å². The summed E-state index contributed by atoms with van der Waals surface area (Å²) in [6.45, 7) is 8.77. The molecule has 0 aliphatic carbocycles. The zero-order chi connectivity index (χ0) is 16.3. The molecule has 1 aromatic rings. The Morgan fingerprint density at radius 3 is 2.65 bits per heavy atom. The lowest BCUT2D eigenvalue weighted by molar-refractivity contribution is 0.329. The lowest BCUT2D eigenvalue weighted by atomic mass is 10.1. The monoisotopic (exact) mass is 319 g/mol. The van der Waals surface area contributed by atoms with E-state index in [1.165, 1.54) is 50.9 Å². The highest BCUT2D eigenvalue weighted by Crippen LogP contribution is 2.23. The highest BCUT2D eigenvalue weighted by atomic mass is 16.5. The SMILES string of the molecule is CCOc1ccc(CCCNCCCCN2CCCC2)cc1N. The Morgan fingerprint density at radius 2 is 1.91 bits per heavy atom. The van der Waals surface area contributed by atoms with Crippen LogP contribution in [0.25, 0.3) is 0 Å². The molecule has 23 heavy (non-hydrogen) atoms. The molecule has 1 aliphatic rings. The van der Waals surface area contributed by atoms with Gasteiger partial charge < -0.3 is 20.7 Å². The summed E-state index contributed by atoms with van der Waals surface area (Å²) >= 11 is 0. The van der Waals surface area contributed by atoms with E-state index in [9.17, 15) is 0 Å². The van der Waals surface area contributed by atoms with Gasteiger partial charge in [-0.2, -0.15) is 0 Å². The predicted octanol–water partition coefficient (Wildman–Crippen LogP) is 3.07. The van der Waals surface area contributed by atoms with Crippen LogP contribution in [-0.4, -0.2) is 44.2 Å². The topological polar surface area (TPSA) is 50.5 Å². The van der Waals surface area contributed by atoms with Gasteiger partial charge in [0.1, 0.15) is 5.75 Å². The van der Waals surface area contributed by atoms with Gasteiger partial charge in [-0.25, -0.2) is 0 Å². The molecule has 4 heteroatoms. The van der Waals surface area contributed by atoms with Crippen LogP contribution in [0.15, 0.2) is 18.2 Å². The molecule has 130 valence electrons. The molecule has 1 heterocycles. The number of nitrogen functional groups attached to an aromatic ring is 1. The first kappa shape index (κ1) is 18.1. The van der Waals surface area contributed by atoms with Crippen molar-refractivity contribution in [3.05, 3.63) is 23.8 Å². The summed E-state index contributed by atoms with van der Waals surface area (Å²) in [5.74, 6) is 0.798. The molecular formula is C19H33N3O. The maximum atomic E-state index is 6.00. The Morgan fingerprint density at radius 1 is 1.13 bits per heavy atom. The van der Waals surface area contributed by atoms with Crippen LogP contribution in [0.3, 0.4) is 0 Å². The summed E-state index contributed by atoms with van der Waals surface area (Å²) in [6, 6.07) is 6.15. The number of likely N-dealkylation sites (tertiary alicyclic amines) is 1. The van der Waals surface area contributed by atoms with Crippen molar-refractivity contribution >= 4 is 5.69 Å². The normalized spacial score (nSPS) is 15.2. The van der Waals surface area contributed by atoms with E-state index in [0.29, 0.717) is 6.61 Å². The highest BCUT2D eigenvalue weighted by molar-refractivity contribution is 5.54. The first-order valence-electron chi connectivity index (χ1n) is 9.24. The Labute approximate surface area is 141 Å². The lowest BCUT2D eigenvalue weighted by Gasteiger charge is -2.14. The van der Waals surface area contributed by atoms with E-state index in [-0.39, 0.29) is 0 Å². The number of unbranched alkanes of at least 4 members (excludes halogenated alkanes) is 1. The second-order valence-electron chi connectivity index (χ2n) is 6.41. The number of nitrogens with two attached hydrogens (primary N) is 1. The minimum absolute atomic E-state index is 0.658. The Hall–Kier alpha value is -1.26. The van der Waals surface area contributed by atoms with Gasteiger partial charge in [0.25, 0.3) is 0 Å². The van der Waals surface area contributed by atoms with E-state index in [2.05, 4.69) is 16.3 Å². The molecule has 1 aliphatic heterocycles. The minimum atomic E-state index is 0.658. The summed E-state index contributed by atoms with van der Waals surface area (Å²) in [7, 11) is 0. The van der Waals surface area contributed by atoms with Crippen molar-refractivity contribution in [3.63, 3.8) is 0 Å². The number of aryl methyl sites for hydroxylation is 1. The molecule has 0 saturated carbocycles. The molecule has 4 nitrogen and oxygen atoms in total. The molecule has 1 saturated heterocycles. The number of nitrogens with zero attached hydrogens (tertiary/aromatic N) is 1. The second-order valence-corrected chi connectivity index (χ2v) is 6.41. The van der Waals surface area contributed by atoms with Crippen LogP contribution < -0.4 is 15.8 Å². The zero-order valence-corrected chi connectivity index (χ0v) is 14.7. The first-order chi connectivity index (χ1) is 11.3. The molecule has 0 amide bonds. The average Bonchev–Trinajstić information content (AvgIpc) is 3.06. The van der Waals surface area contributed by atoms with Gasteiger partial charge in [0, 0.05) is 0 Å². The maximum absolute atomic E-state index is 6.00. The molecule has 0 atom stereocenters. The van der Waals surface area contributed by atoms with Crippen molar-refractivity contribution in [2.75, 3.05) is 45.1 Å². The van der Waals surface area contributed by atoms with Crippen molar-refractivity contribution in [2.24, 2.45) is 0 Å². The first-order valence-corrected chi connectivity index (χ1v) is 9.24. The molecule has 0 spiro atoms. The quantitative estimate of drug-likeness (QED) is 0.486. The van der Waals surface area contributed by atoms with Gasteiger partial charge in [0.05, 0.1) is 12.3 Å². The number of anilines is 1. The molecule has 0 unspecified atom stereocenters. The Bertz CT molecular complexity index is 444. The van der Waals surface area contributed by atoms with Crippen molar-refractivity contribution in [2.45, 2.75) is 45.4 Å². The molecule has 1 fully saturated rings. The van der Waals surface area contributed by atoms with Crippen LogP contribution in [0.2, 0.25) is 0 Å². The summed E-state index contributed by atoms with van der Waals surface area (Å²) in [6.07, 6.45) is 7.62. The predicted molar refractivity (Wildman–Crippen MR) is 98.1 cm³/mol. The van der Waals surface area contributed by atoms with Gasteiger partial charge in [0.2, 0.25) is 0 Å². The number of hydrogen-bond acceptors (Lipinski definition) is 4. The lowest BCUT2D eigenvalue weighted by Crippen LogP contribution is -2.22. The van der Waals surface area contributed by atoms with Gasteiger partial charge in [-0.1, -0.05) is 6.07 Å². The van der Waals surface area contributed by atoms with Gasteiger partial charge in [-0.3, -0.25) is 0 Å². The van der Waals surface area contributed by atoms with E-state index < -0.39 is 0 Å². The molecule has 1 aromatic carbocycles. The van der Waals surface area contributed by atoms with E-state index in [1.54, 1.807) is 0 Å². The Kier molecular flexibility index (Phi) is 8.26. The van der Waals surface area contributed by atoms with E-state index in [4.69, 9.17) is 10.5 Å².